The van der Waals surface area contributed by atoms with Crippen LogP contribution >= 0.6 is 0 Å². The summed E-state index contributed by atoms with van der Waals surface area (Å²) in [5, 5.41) is 8.31. The first-order valence-electron chi connectivity index (χ1n) is 9.30. The number of benzene rings is 2. The van der Waals surface area contributed by atoms with Gasteiger partial charge in [-0.1, -0.05) is 18.2 Å². The maximum Gasteiger partial charge on any atom is 0.323 e. The van der Waals surface area contributed by atoms with Gasteiger partial charge in [-0.25, -0.2) is 17.5 Å². The molecule has 0 aromatic heterocycles. The number of rotatable bonds is 5. The summed E-state index contributed by atoms with van der Waals surface area (Å²) in [4.78, 5) is 24.4. The summed E-state index contributed by atoms with van der Waals surface area (Å²) >= 11 is 0. The highest BCUT2D eigenvalue weighted by atomic mass is 32.2. The van der Waals surface area contributed by atoms with E-state index in [2.05, 4.69) is 16.0 Å². The standard InChI is InChI=1S/C20H24N4O4S/c1-29(27,28)24-13-11-15(12-14-24)19(25)21-17-7-9-18(10-8-17)23-20(26)22-16-5-3-2-4-6-16/h2-10,15H,11-14H2,1H3,(H,21,25)(H2,22,23,26). The van der Waals surface area contributed by atoms with Crippen molar-refractivity contribution >= 4 is 39.0 Å². The maximum atomic E-state index is 12.4. The van der Waals surface area contributed by atoms with Crippen LogP contribution in [0, 0.1) is 5.92 Å². The Morgan fingerprint density at radius 2 is 1.31 bits per heavy atom. The number of amides is 3. The molecule has 2 aromatic carbocycles. The van der Waals surface area contributed by atoms with Gasteiger partial charge in [-0.15, -0.1) is 0 Å². The number of urea groups is 1. The molecule has 154 valence electrons. The zero-order valence-corrected chi connectivity index (χ0v) is 16.9. The minimum atomic E-state index is -3.21. The van der Waals surface area contributed by atoms with Gasteiger partial charge in [0, 0.05) is 36.1 Å². The average molecular weight is 417 g/mol. The first-order valence-corrected chi connectivity index (χ1v) is 11.2. The summed E-state index contributed by atoms with van der Waals surface area (Å²) in [7, 11) is -3.21. The van der Waals surface area contributed by atoms with E-state index in [1.807, 2.05) is 18.2 Å². The number of hydrogen-bond donors (Lipinski definition) is 3. The van der Waals surface area contributed by atoms with Gasteiger partial charge in [0.15, 0.2) is 0 Å². The molecule has 1 fully saturated rings. The number of sulfonamides is 1. The van der Waals surface area contributed by atoms with Gasteiger partial charge in [0.1, 0.15) is 0 Å². The number of nitrogens with one attached hydrogen (secondary N) is 3. The molecule has 0 saturated carbocycles. The summed E-state index contributed by atoms with van der Waals surface area (Å²) < 4.78 is 24.5. The number of nitrogens with zero attached hydrogens (tertiary/aromatic N) is 1. The van der Waals surface area contributed by atoms with Crippen LogP contribution in [0.3, 0.4) is 0 Å². The Balaban J connectivity index is 1.49. The van der Waals surface area contributed by atoms with E-state index in [0.29, 0.717) is 43.0 Å². The molecule has 3 rings (SSSR count). The van der Waals surface area contributed by atoms with Crippen LogP contribution in [0.15, 0.2) is 54.6 Å². The Bertz CT molecular complexity index is 954. The smallest absolute Gasteiger partial charge is 0.323 e. The molecule has 0 aliphatic carbocycles. The van der Waals surface area contributed by atoms with Gasteiger partial charge in [-0.05, 0) is 49.2 Å². The third-order valence-electron chi connectivity index (χ3n) is 4.74. The van der Waals surface area contributed by atoms with Crippen molar-refractivity contribution in [3.63, 3.8) is 0 Å². The van der Waals surface area contributed by atoms with Crippen molar-refractivity contribution < 1.29 is 18.0 Å². The third-order valence-corrected chi connectivity index (χ3v) is 6.04. The van der Waals surface area contributed by atoms with Crippen molar-refractivity contribution in [3.05, 3.63) is 54.6 Å². The molecule has 0 spiro atoms. The van der Waals surface area contributed by atoms with Crippen LogP contribution in [-0.4, -0.2) is 44.0 Å². The lowest BCUT2D eigenvalue weighted by Gasteiger charge is -2.29. The topological polar surface area (TPSA) is 108 Å². The molecule has 2 aromatic rings. The lowest BCUT2D eigenvalue weighted by atomic mass is 9.97. The van der Waals surface area contributed by atoms with Crippen LogP contribution in [0.4, 0.5) is 21.9 Å². The Morgan fingerprint density at radius 3 is 1.83 bits per heavy atom. The monoisotopic (exact) mass is 416 g/mol. The number of anilines is 3. The lowest BCUT2D eigenvalue weighted by molar-refractivity contribution is -0.120. The molecular formula is C20H24N4O4S. The van der Waals surface area contributed by atoms with Crippen molar-refractivity contribution in [2.75, 3.05) is 35.3 Å². The fraction of sp³-hybridized carbons (Fsp3) is 0.300. The van der Waals surface area contributed by atoms with E-state index >= 15 is 0 Å². The summed E-state index contributed by atoms with van der Waals surface area (Å²) in [6.45, 7) is 0.715. The summed E-state index contributed by atoms with van der Waals surface area (Å²) in [5.41, 5.74) is 1.91. The highest BCUT2D eigenvalue weighted by Crippen LogP contribution is 2.22. The molecule has 1 aliphatic heterocycles. The molecule has 1 aliphatic rings. The molecule has 3 N–H and O–H groups in total. The number of carbonyl (C=O) groups excluding carboxylic acids is 2. The summed E-state index contributed by atoms with van der Waals surface area (Å²) in [6.07, 6.45) is 2.18. The van der Waals surface area contributed by atoms with Crippen LogP contribution in [0.1, 0.15) is 12.8 Å². The van der Waals surface area contributed by atoms with Crippen molar-refractivity contribution in [2.24, 2.45) is 5.92 Å². The molecule has 29 heavy (non-hydrogen) atoms. The molecule has 9 heteroatoms. The van der Waals surface area contributed by atoms with Crippen LogP contribution in [0.2, 0.25) is 0 Å². The predicted molar refractivity (Wildman–Crippen MR) is 113 cm³/mol. The Labute approximate surface area is 170 Å². The van der Waals surface area contributed by atoms with E-state index in [9.17, 15) is 18.0 Å². The van der Waals surface area contributed by atoms with Gasteiger partial charge in [0.25, 0.3) is 0 Å². The second-order valence-electron chi connectivity index (χ2n) is 6.95. The lowest BCUT2D eigenvalue weighted by Crippen LogP contribution is -2.40. The van der Waals surface area contributed by atoms with E-state index < -0.39 is 10.0 Å². The Morgan fingerprint density at radius 1 is 0.828 bits per heavy atom. The molecular weight excluding hydrogens is 392 g/mol. The Kier molecular flexibility index (Phi) is 6.50. The second-order valence-corrected chi connectivity index (χ2v) is 8.93. The highest BCUT2D eigenvalue weighted by Gasteiger charge is 2.28. The molecule has 1 saturated heterocycles. The molecule has 3 amide bonds. The highest BCUT2D eigenvalue weighted by molar-refractivity contribution is 7.88. The molecule has 1 heterocycles. The number of carbonyl (C=O) groups is 2. The zero-order chi connectivity index (χ0) is 20.9. The largest absolute Gasteiger partial charge is 0.326 e. The van der Waals surface area contributed by atoms with Gasteiger partial charge >= 0.3 is 6.03 Å². The predicted octanol–water partition coefficient (Wildman–Crippen LogP) is 2.94. The zero-order valence-electron chi connectivity index (χ0n) is 16.1. The summed E-state index contributed by atoms with van der Waals surface area (Å²) in [5.74, 6) is -0.344. The summed E-state index contributed by atoms with van der Waals surface area (Å²) in [6, 6.07) is 15.6. The van der Waals surface area contributed by atoms with E-state index in [1.165, 1.54) is 10.6 Å². The van der Waals surface area contributed by atoms with Crippen LogP contribution in [0.5, 0.6) is 0 Å². The quantitative estimate of drug-likeness (QED) is 0.696. The first-order chi connectivity index (χ1) is 13.8. The number of hydrogen-bond acceptors (Lipinski definition) is 4. The molecule has 8 nitrogen and oxygen atoms in total. The van der Waals surface area contributed by atoms with Crippen LogP contribution < -0.4 is 16.0 Å². The SMILES string of the molecule is CS(=O)(=O)N1CCC(C(=O)Nc2ccc(NC(=O)Nc3ccccc3)cc2)CC1. The molecule has 0 bridgehead atoms. The second kappa shape index (κ2) is 9.06. The van der Waals surface area contributed by atoms with Gasteiger partial charge < -0.3 is 16.0 Å². The molecule has 0 radical (unpaired) electrons. The maximum absolute atomic E-state index is 12.4. The number of piperidine rings is 1. The minimum Gasteiger partial charge on any atom is -0.326 e. The van der Waals surface area contributed by atoms with Crippen molar-refractivity contribution in [3.8, 4) is 0 Å². The number of para-hydroxylation sites is 1. The van der Waals surface area contributed by atoms with Gasteiger partial charge in [-0.3, -0.25) is 4.79 Å². The molecule has 0 atom stereocenters. The van der Waals surface area contributed by atoms with Crippen LogP contribution in [-0.2, 0) is 14.8 Å². The van der Waals surface area contributed by atoms with E-state index in [-0.39, 0.29) is 17.9 Å². The van der Waals surface area contributed by atoms with Crippen molar-refractivity contribution in [1.82, 2.24) is 4.31 Å². The normalized spacial score (nSPS) is 15.5. The fourth-order valence-corrected chi connectivity index (χ4v) is 4.02. The average Bonchev–Trinajstić information content (AvgIpc) is 2.69. The van der Waals surface area contributed by atoms with Crippen LogP contribution in [0.25, 0.3) is 0 Å². The van der Waals surface area contributed by atoms with E-state index in [1.54, 1.807) is 36.4 Å². The van der Waals surface area contributed by atoms with Gasteiger partial charge in [-0.2, -0.15) is 0 Å². The minimum absolute atomic E-state index is 0.124. The fourth-order valence-electron chi connectivity index (χ4n) is 3.15. The first kappa shape index (κ1) is 20.8. The third kappa shape index (κ3) is 6.03. The van der Waals surface area contributed by atoms with Crippen molar-refractivity contribution in [1.29, 1.82) is 0 Å². The van der Waals surface area contributed by atoms with Gasteiger partial charge in [0.2, 0.25) is 15.9 Å². The Hall–Kier alpha value is -2.91. The van der Waals surface area contributed by atoms with Gasteiger partial charge in [0.05, 0.1) is 6.26 Å². The van der Waals surface area contributed by atoms with E-state index in [0.717, 1.165) is 0 Å². The van der Waals surface area contributed by atoms with Crippen molar-refractivity contribution in [2.45, 2.75) is 12.8 Å². The molecule has 0 unspecified atom stereocenters. The van der Waals surface area contributed by atoms with E-state index in [4.69, 9.17) is 0 Å².